The van der Waals surface area contributed by atoms with Crippen LogP contribution in [0.3, 0.4) is 0 Å². The van der Waals surface area contributed by atoms with Gasteiger partial charge in [-0.1, -0.05) is 29.4 Å². The van der Waals surface area contributed by atoms with E-state index in [9.17, 15) is 4.39 Å². The maximum absolute atomic E-state index is 13.6. The fraction of sp³-hybridized carbons (Fsp3) is 0.174. The minimum atomic E-state index is -0.322. The molecule has 1 aromatic carbocycles. The molecule has 0 radical (unpaired) electrons. The van der Waals surface area contributed by atoms with Crippen LogP contribution in [0, 0.1) is 5.82 Å². The van der Waals surface area contributed by atoms with Gasteiger partial charge in [0.25, 0.3) is 5.89 Å². The molecule has 0 spiro atoms. The Morgan fingerprint density at radius 2 is 1.91 bits per heavy atom. The molecule has 5 rings (SSSR count). The van der Waals surface area contributed by atoms with E-state index in [2.05, 4.69) is 37.9 Å². The molecule has 162 valence electrons. The number of aromatic nitrogens is 2. The predicted octanol–water partition coefficient (Wildman–Crippen LogP) is 5.90. The number of hydrogen-bond acceptors (Lipinski definition) is 6. The molecule has 0 fully saturated rings. The molecular formula is C23H19FN4OS3. The molecular weight excluding hydrogens is 463 g/mol. The van der Waals surface area contributed by atoms with Gasteiger partial charge in [0.05, 0.1) is 16.5 Å². The summed E-state index contributed by atoms with van der Waals surface area (Å²) in [6, 6.07) is 14.2. The van der Waals surface area contributed by atoms with Crippen LogP contribution in [-0.2, 0) is 6.42 Å². The standard InChI is InChI=1S/C23H19FN4OS3/c1-14-19(22-26-21(27-29-22)18-5-3-13-32-18)20(15-6-8-16(24)9-7-15)25-23(30)28(14)11-10-17-4-2-12-31-17/h2-9,12-13,20H,10-11H2,1H3,(H,25,30). The number of allylic oxidation sites excluding steroid dienone is 1. The molecule has 32 heavy (non-hydrogen) atoms. The Hall–Kier alpha value is -2.88. The summed E-state index contributed by atoms with van der Waals surface area (Å²) in [5, 5.41) is 12.3. The van der Waals surface area contributed by atoms with Crippen molar-refractivity contribution >= 4 is 45.6 Å². The molecule has 0 bridgehead atoms. The number of thiocarbonyl (C=S) groups is 1. The van der Waals surface area contributed by atoms with Crippen molar-refractivity contribution < 1.29 is 8.91 Å². The second-order valence-corrected chi connectivity index (χ2v) is 9.68. The van der Waals surface area contributed by atoms with Crippen molar-refractivity contribution in [2.45, 2.75) is 19.4 Å². The van der Waals surface area contributed by atoms with Gasteiger partial charge in [0.15, 0.2) is 5.11 Å². The third kappa shape index (κ3) is 4.11. The van der Waals surface area contributed by atoms with Gasteiger partial charge in [-0.25, -0.2) is 4.39 Å². The fourth-order valence-corrected chi connectivity index (χ4v) is 5.44. The van der Waals surface area contributed by atoms with Crippen LogP contribution in [0.5, 0.6) is 0 Å². The minimum Gasteiger partial charge on any atom is -0.351 e. The molecule has 9 heteroatoms. The van der Waals surface area contributed by atoms with Gasteiger partial charge in [0.1, 0.15) is 5.82 Å². The zero-order valence-electron chi connectivity index (χ0n) is 17.1. The molecule has 1 aliphatic heterocycles. The summed E-state index contributed by atoms with van der Waals surface area (Å²) in [7, 11) is 0. The highest BCUT2D eigenvalue weighted by atomic mass is 32.1. The molecule has 0 saturated carbocycles. The van der Waals surface area contributed by atoms with Gasteiger partial charge in [-0.15, -0.1) is 22.7 Å². The van der Waals surface area contributed by atoms with Crippen molar-refractivity contribution in [3.63, 3.8) is 0 Å². The van der Waals surface area contributed by atoms with Crippen LogP contribution in [-0.4, -0.2) is 26.7 Å². The number of rotatable bonds is 6. The van der Waals surface area contributed by atoms with Crippen molar-refractivity contribution in [1.82, 2.24) is 20.4 Å². The lowest BCUT2D eigenvalue weighted by Crippen LogP contribution is -2.46. The summed E-state index contributed by atoms with van der Waals surface area (Å²) in [6.45, 7) is 2.74. The predicted molar refractivity (Wildman–Crippen MR) is 130 cm³/mol. The van der Waals surface area contributed by atoms with E-state index < -0.39 is 0 Å². The van der Waals surface area contributed by atoms with E-state index in [-0.39, 0.29) is 11.9 Å². The SMILES string of the molecule is CC1=C(c2nc(-c3cccs3)no2)C(c2ccc(F)cc2)NC(=S)N1CCc1cccs1. The van der Waals surface area contributed by atoms with Crippen LogP contribution in [0.25, 0.3) is 16.3 Å². The summed E-state index contributed by atoms with van der Waals surface area (Å²) in [6.07, 6.45) is 0.871. The topological polar surface area (TPSA) is 54.2 Å². The van der Waals surface area contributed by atoms with E-state index in [4.69, 9.17) is 16.7 Å². The van der Waals surface area contributed by atoms with Crippen molar-refractivity contribution in [1.29, 1.82) is 0 Å². The van der Waals surface area contributed by atoms with Crippen molar-refractivity contribution in [3.8, 4) is 10.7 Å². The quantitative estimate of drug-likeness (QED) is 0.345. The lowest BCUT2D eigenvalue weighted by atomic mass is 9.94. The first-order valence-electron chi connectivity index (χ1n) is 10.0. The number of nitrogens with zero attached hydrogens (tertiary/aromatic N) is 3. The van der Waals surface area contributed by atoms with Crippen molar-refractivity contribution in [2.24, 2.45) is 0 Å². The molecule has 1 N–H and O–H groups in total. The first-order chi connectivity index (χ1) is 15.6. The van der Waals surface area contributed by atoms with Gasteiger partial charge in [0, 0.05) is 17.1 Å². The Balaban J connectivity index is 1.55. The van der Waals surface area contributed by atoms with Gasteiger partial charge < -0.3 is 14.7 Å². The minimum absolute atomic E-state index is 0.287. The average molecular weight is 483 g/mol. The molecule has 0 aliphatic carbocycles. The summed E-state index contributed by atoms with van der Waals surface area (Å²) in [5.74, 6) is 0.688. The van der Waals surface area contributed by atoms with Crippen LogP contribution in [0.4, 0.5) is 4.39 Å². The Morgan fingerprint density at radius 1 is 1.12 bits per heavy atom. The summed E-state index contributed by atoms with van der Waals surface area (Å²) in [5.41, 5.74) is 2.66. The second-order valence-electron chi connectivity index (χ2n) is 7.31. The van der Waals surface area contributed by atoms with Gasteiger partial charge in [-0.3, -0.25) is 0 Å². The first kappa shape index (κ1) is 21.0. The molecule has 4 aromatic rings. The monoisotopic (exact) mass is 482 g/mol. The maximum Gasteiger partial charge on any atom is 0.258 e. The Bertz CT molecular complexity index is 1250. The highest BCUT2D eigenvalue weighted by molar-refractivity contribution is 7.80. The van der Waals surface area contributed by atoms with Crippen LogP contribution in [0.15, 0.2) is 69.5 Å². The largest absolute Gasteiger partial charge is 0.351 e. The van der Waals surface area contributed by atoms with E-state index in [0.717, 1.165) is 34.7 Å². The maximum atomic E-state index is 13.6. The van der Waals surface area contributed by atoms with Gasteiger partial charge in [-0.05, 0) is 66.2 Å². The summed E-state index contributed by atoms with van der Waals surface area (Å²) >= 11 is 9.00. The molecule has 4 heterocycles. The lowest BCUT2D eigenvalue weighted by molar-refractivity contribution is 0.397. The number of halogens is 1. The molecule has 3 aromatic heterocycles. The molecule has 1 atom stereocenters. The van der Waals surface area contributed by atoms with Crippen molar-refractivity contribution in [2.75, 3.05) is 6.54 Å². The Kier molecular flexibility index (Phi) is 5.86. The van der Waals surface area contributed by atoms with E-state index in [1.54, 1.807) is 34.8 Å². The lowest BCUT2D eigenvalue weighted by Gasteiger charge is -2.37. The Morgan fingerprint density at radius 3 is 2.62 bits per heavy atom. The number of hydrogen-bond donors (Lipinski definition) is 1. The van der Waals surface area contributed by atoms with E-state index in [1.165, 1.54) is 17.0 Å². The molecule has 1 unspecified atom stereocenters. The zero-order chi connectivity index (χ0) is 22.1. The third-order valence-corrected chi connectivity index (χ3v) is 7.50. The zero-order valence-corrected chi connectivity index (χ0v) is 19.6. The first-order valence-corrected chi connectivity index (χ1v) is 12.2. The summed E-state index contributed by atoms with van der Waals surface area (Å²) < 4.78 is 19.3. The van der Waals surface area contributed by atoms with E-state index in [1.807, 2.05) is 24.4 Å². The molecule has 5 nitrogen and oxygen atoms in total. The number of benzene rings is 1. The highest BCUT2D eigenvalue weighted by Gasteiger charge is 2.34. The van der Waals surface area contributed by atoms with Gasteiger partial charge in [-0.2, -0.15) is 4.98 Å². The van der Waals surface area contributed by atoms with Crippen molar-refractivity contribution in [3.05, 3.63) is 87.1 Å². The van der Waals surface area contributed by atoms with Crippen LogP contribution in [0.2, 0.25) is 0 Å². The Labute approximate surface area is 198 Å². The van der Waals surface area contributed by atoms with E-state index in [0.29, 0.717) is 16.8 Å². The molecule has 0 amide bonds. The normalized spacial score (nSPS) is 16.5. The summed E-state index contributed by atoms with van der Waals surface area (Å²) in [4.78, 5) is 8.98. The van der Waals surface area contributed by atoms with Crippen LogP contribution < -0.4 is 5.32 Å². The number of thiophene rings is 2. The fourth-order valence-electron chi connectivity index (χ4n) is 3.75. The smallest absolute Gasteiger partial charge is 0.258 e. The van der Waals surface area contributed by atoms with Crippen LogP contribution >= 0.6 is 34.9 Å². The average Bonchev–Trinajstić information content (AvgIpc) is 3.55. The molecule has 1 aliphatic rings. The molecule has 0 saturated heterocycles. The van der Waals surface area contributed by atoms with Gasteiger partial charge >= 0.3 is 0 Å². The third-order valence-electron chi connectivity index (χ3n) is 5.36. The number of nitrogens with one attached hydrogen (secondary N) is 1. The van der Waals surface area contributed by atoms with Gasteiger partial charge in [0.2, 0.25) is 5.82 Å². The van der Waals surface area contributed by atoms with E-state index >= 15 is 0 Å². The highest BCUT2D eigenvalue weighted by Crippen LogP contribution is 2.37. The second kappa shape index (κ2) is 8.93. The van der Waals surface area contributed by atoms with Crippen LogP contribution in [0.1, 0.15) is 29.3 Å².